The first-order valence-electron chi connectivity index (χ1n) is 5.51. The van der Waals surface area contributed by atoms with Gasteiger partial charge in [0.1, 0.15) is 0 Å². The predicted octanol–water partition coefficient (Wildman–Crippen LogP) is -0.149. The summed E-state index contributed by atoms with van der Waals surface area (Å²) < 4.78 is 0. The van der Waals surface area contributed by atoms with Crippen molar-refractivity contribution in [3.8, 4) is 0 Å². The molecule has 0 aliphatic rings. The standard InChI is InChI=1S/C11H20O4.Ag/c1-2-3-4-5-6-7-8-9(10(12)13)11(14)15;/h9H,2-8H2,1H3,(H,12,13)(H,14,15);/p-2. The summed E-state index contributed by atoms with van der Waals surface area (Å²) in [6, 6.07) is 0. The van der Waals surface area contributed by atoms with Crippen molar-refractivity contribution >= 4 is 11.9 Å². The van der Waals surface area contributed by atoms with Crippen molar-refractivity contribution in [3.63, 3.8) is 0 Å². The summed E-state index contributed by atoms with van der Waals surface area (Å²) in [5.74, 6) is -4.52. The van der Waals surface area contributed by atoms with E-state index in [9.17, 15) is 19.8 Å². The topological polar surface area (TPSA) is 80.3 Å². The van der Waals surface area contributed by atoms with Crippen molar-refractivity contribution < 1.29 is 42.2 Å². The van der Waals surface area contributed by atoms with Gasteiger partial charge in [-0.05, 0) is 6.42 Å². The van der Waals surface area contributed by atoms with Crippen LogP contribution < -0.4 is 10.2 Å². The molecule has 0 aliphatic heterocycles. The van der Waals surface area contributed by atoms with Gasteiger partial charge in [-0.1, -0.05) is 45.4 Å². The quantitative estimate of drug-likeness (QED) is 0.336. The van der Waals surface area contributed by atoms with Crippen LogP contribution in [0.3, 0.4) is 0 Å². The maximum atomic E-state index is 10.4. The molecule has 0 spiro atoms. The number of rotatable bonds is 9. The van der Waals surface area contributed by atoms with E-state index in [1.807, 2.05) is 0 Å². The summed E-state index contributed by atoms with van der Waals surface area (Å²) in [6.45, 7) is 2.11. The molecule has 0 rings (SSSR count). The molecule has 99 valence electrons. The molecule has 0 saturated carbocycles. The third kappa shape index (κ3) is 8.95. The van der Waals surface area contributed by atoms with Crippen molar-refractivity contribution in [1.29, 1.82) is 0 Å². The molecule has 0 aromatic heterocycles. The molecule has 0 atom stereocenters. The first-order valence-corrected chi connectivity index (χ1v) is 5.51. The van der Waals surface area contributed by atoms with Crippen LogP contribution in [0.15, 0.2) is 0 Å². The molecule has 1 radical (unpaired) electrons. The zero-order valence-corrected chi connectivity index (χ0v) is 10.9. The molecular weight excluding hydrogens is 304 g/mol. The van der Waals surface area contributed by atoms with Gasteiger partial charge < -0.3 is 19.8 Å². The second-order valence-corrected chi connectivity index (χ2v) is 3.75. The third-order valence-corrected chi connectivity index (χ3v) is 2.42. The molecule has 0 fully saturated rings. The Labute approximate surface area is 112 Å². The van der Waals surface area contributed by atoms with E-state index in [2.05, 4.69) is 6.92 Å². The van der Waals surface area contributed by atoms with Crippen LogP contribution in [0.25, 0.3) is 0 Å². The average molecular weight is 322 g/mol. The largest absolute Gasteiger partial charge is 0.549 e. The Hall–Kier alpha value is -0.320. The van der Waals surface area contributed by atoms with Gasteiger partial charge in [-0.25, -0.2) is 0 Å². The molecule has 4 nitrogen and oxygen atoms in total. The molecular formula is C11H18AgO4-2. The van der Waals surface area contributed by atoms with Crippen molar-refractivity contribution in [2.75, 3.05) is 0 Å². The summed E-state index contributed by atoms with van der Waals surface area (Å²) >= 11 is 0. The van der Waals surface area contributed by atoms with Crippen molar-refractivity contribution in [2.24, 2.45) is 5.92 Å². The number of carboxylic acids is 2. The van der Waals surface area contributed by atoms with Crippen LogP contribution in [-0.2, 0) is 32.0 Å². The van der Waals surface area contributed by atoms with Gasteiger partial charge in [0.2, 0.25) is 0 Å². The van der Waals surface area contributed by atoms with E-state index in [0.29, 0.717) is 6.42 Å². The second-order valence-electron chi connectivity index (χ2n) is 3.75. The van der Waals surface area contributed by atoms with Crippen LogP contribution >= 0.6 is 0 Å². The number of carbonyl (C=O) groups excluding carboxylic acids is 2. The molecule has 5 heteroatoms. The Bertz CT molecular complexity index is 192. The molecule has 0 amide bonds. The Morgan fingerprint density at radius 1 is 0.938 bits per heavy atom. The molecule has 0 aromatic rings. The average Bonchev–Trinajstić information content (AvgIpc) is 2.15. The number of carboxylic acid groups (broad SMARTS) is 2. The number of hydrogen-bond acceptors (Lipinski definition) is 4. The summed E-state index contributed by atoms with van der Waals surface area (Å²) in [7, 11) is 0. The summed E-state index contributed by atoms with van der Waals surface area (Å²) in [5.41, 5.74) is 0. The van der Waals surface area contributed by atoms with Gasteiger partial charge in [-0.2, -0.15) is 0 Å². The zero-order chi connectivity index (χ0) is 11.7. The van der Waals surface area contributed by atoms with Crippen LogP contribution in [-0.4, -0.2) is 11.9 Å². The van der Waals surface area contributed by atoms with E-state index in [1.165, 1.54) is 6.42 Å². The van der Waals surface area contributed by atoms with E-state index in [0.717, 1.165) is 25.7 Å². The van der Waals surface area contributed by atoms with Gasteiger partial charge in [0, 0.05) is 28.3 Å². The normalized spacial score (nSPS) is 9.88. The third-order valence-electron chi connectivity index (χ3n) is 2.42. The Balaban J connectivity index is 0. The van der Waals surface area contributed by atoms with Crippen LogP contribution in [0.1, 0.15) is 51.9 Å². The molecule has 0 N–H and O–H groups in total. The minimum Gasteiger partial charge on any atom is -0.549 e. The maximum absolute atomic E-state index is 10.4. The molecule has 0 aliphatic carbocycles. The Morgan fingerprint density at radius 3 is 1.81 bits per heavy atom. The second kappa shape index (κ2) is 11.2. The van der Waals surface area contributed by atoms with E-state index in [-0.39, 0.29) is 28.8 Å². The van der Waals surface area contributed by atoms with Crippen molar-refractivity contribution in [3.05, 3.63) is 0 Å². The number of unbranched alkanes of at least 4 members (excludes halogenated alkanes) is 5. The smallest absolute Gasteiger partial charge is 0.0501 e. The predicted molar refractivity (Wildman–Crippen MR) is 51.5 cm³/mol. The molecule has 0 bridgehead atoms. The fourth-order valence-corrected chi connectivity index (χ4v) is 1.46. The van der Waals surface area contributed by atoms with Gasteiger partial charge in [0.05, 0.1) is 11.9 Å². The van der Waals surface area contributed by atoms with E-state index in [4.69, 9.17) is 0 Å². The zero-order valence-electron chi connectivity index (χ0n) is 9.46. The summed E-state index contributed by atoms with van der Waals surface area (Å²) in [5, 5.41) is 20.8. The van der Waals surface area contributed by atoms with Crippen molar-refractivity contribution in [2.45, 2.75) is 51.9 Å². The first kappa shape index (κ1) is 18.1. The minimum absolute atomic E-state index is 0. The molecule has 0 saturated heterocycles. The summed E-state index contributed by atoms with van der Waals surface area (Å²) in [6.07, 6.45) is 6.08. The van der Waals surface area contributed by atoms with Gasteiger partial charge in [0.15, 0.2) is 0 Å². The fraction of sp³-hybridized carbons (Fsp3) is 0.818. The maximum Gasteiger partial charge on any atom is 0.0501 e. The van der Waals surface area contributed by atoms with Gasteiger partial charge in [-0.15, -0.1) is 0 Å². The molecule has 0 heterocycles. The monoisotopic (exact) mass is 321 g/mol. The number of carbonyl (C=O) groups is 2. The molecule has 16 heavy (non-hydrogen) atoms. The van der Waals surface area contributed by atoms with Crippen LogP contribution in [0, 0.1) is 5.92 Å². The minimum atomic E-state index is -1.54. The molecule has 0 unspecified atom stereocenters. The Morgan fingerprint density at radius 2 is 1.38 bits per heavy atom. The van der Waals surface area contributed by atoms with E-state index >= 15 is 0 Å². The first-order chi connectivity index (χ1) is 7.09. The van der Waals surface area contributed by atoms with E-state index in [1.54, 1.807) is 0 Å². The van der Waals surface area contributed by atoms with E-state index < -0.39 is 17.9 Å². The summed E-state index contributed by atoms with van der Waals surface area (Å²) in [4.78, 5) is 20.8. The van der Waals surface area contributed by atoms with Crippen LogP contribution in [0.2, 0.25) is 0 Å². The van der Waals surface area contributed by atoms with Gasteiger partial charge in [0.25, 0.3) is 0 Å². The number of aliphatic carboxylic acids is 2. The van der Waals surface area contributed by atoms with Crippen molar-refractivity contribution in [1.82, 2.24) is 0 Å². The number of hydrogen-bond donors (Lipinski definition) is 0. The van der Waals surface area contributed by atoms with Crippen LogP contribution in [0.4, 0.5) is 0 Å². The van der Waals surface area contributed by atoms with Gasteiger partial charge >= 0.3 is 0 Å². The molecule has 0 aromatic carbocycles. The fourth-order valence-electron chi connectivity index (χ4n) is 1.46. The van der Waals surface area contributed by atoms with Crippen LogP contribution in [0.5, 0.6) is 0 Å². The SMILES string of the molecule is CCCCCCCCC(C(=O)[O-])C(=O)[O-].[Ag]. The Kier molecular flexibility index (Phi) is 12.6. The van der Waals surface area contributed by atoms with Gasteiger partial charge in [-0.3, -0.25) is 0 Å².